The minimum Gasteiger partial charge on any atom is -0.462 e. The van der Waals surface area contributed by atoms with Crippen LogP contribution in [0.25, 0.3) is 0 Å². The maximum atomic E-state index is 13.9. The summed E-state index contributed by atoms with van der Waals surface area (Å²) in [6.45, 7) is -1.68. The molecule has 0 heterocycles. The highest BCUT2D eigenvalue weighted by molar-refractivity contribution is 5.87. The lowest BCUT2D eigenvalue weighted by Gasteiger charge is -2.47. The summed E-state index contributed by atoms with van der Waals surface area (Å²) >= 11 is 0. The van der Waals surface area contributed by atoms with Crippen LogP contribution in [-0.2, 0) is 9.53 Å². The van der Waals surface area contributed by atoms with Crippen molar-refractivity contribution in [2.45, 2.75) is 103 Å². The van der Waals surface area contributed by atoms with Crippen LogP contribution in [0.1, 0.15) is 19.8 Å². The van der Waals surface area contributed by atoms with Gasteiger partial charge in [-0.25, -0.2) is 9.18 Å². The molecular weight excluding hydrogens is 873 g/mol. The first-order valence-corrected chi connectivity index (χ1v) is 12.2. The standard InChI is InChI=1S/C21H9F31O2/c1-5(6(22)23)7(53)54-4-2-3-8(24,25)10(27,28)12(31,32)14(35,36)16(39,40)18(43,44)19(45,46)17(41,42)15(37,38)13(33,34)11(29,30)9(26,20(47,48)49)21(50,51)52/h2-4H2,1H3. The zero-order valence-electron chi connectivity index (χ0n) is 24.2. The van der Waals surface area contributed by atoms with Crippen molar-refractivity contribution in [2.75, 3.05) is 6.61 Å². The van der Waals surface area contributed by atoms with Gasteiger partial charge < -0.3 is 4.74 Å². The molecule has 33 heteroatoms. The van der Waals surface area contributed by atoms with Gasteiger partial charge in [0, 0.05) is 6.42 Å². The SMILES string of the molecule is CC(C(=O)OCCCC(F)(F)C(F)(F)C(F)(F)C(F)(F)C(F)(F)C(F)(F)C(F)(F)C(F)(F)C(F)(F)C(F)(F)C(F)(F)C(F)(C(F)(F)F)C(F)(F)F)=C(F)F. The fourth-order valence-electron chi connectivity index (χ4n) is 3.34. The molecule has 0 aromatic rings. The van der Waals surface area contributed by atoms with Crippen LogP contribution in [0.5, 0.6) is 0 Å². The van der Waals surface area contributed by atoms with Gasteiger partial charge in [0.05, 0.1) is 12.2 Å². The first kappa shape index (κ1) is 51.0. The van der Waals surface area contributed by atoms with Crippen LogP contribution >= 0.6 is 0 Å². The number of hydrogen-bond acceptors (Lipinski definition) is 2. The quantitative estimate of drug-likeness (QED) is 0.0668. The van der Waals surface area contributed by atoms with Crippen LogP contribution in [-0.4, -0.2) is 95.7 Å². The van der Waals surface area contributed by atoms with Gasteiger partial charge in [0.15, 0.2) is 0 Å². The molecule has 0 aliphatic heterocycles. The van der Waals surface area contributed by atoms with Gasteiger partial charge >= 0.3 is 89.1 Å². The normalized spacial score (nSPS) is 16.1. The highest BCUT2D eigenvalue weighted by Gasteiger charge is 3.01. The number of hydrogen-bond donors (Lipinski definition) is 0. The molecule has 322 valence electrons. The predicted molar refractivity (Wildman–Crippen MR) is 105 cm³/mol. The lowest BCUT2D eigenvalue weighted by Crippen LogP contribution is -2.80. The molecule has 0 atom stereocenters. The van der Waals surface area contributed by atoms with Crippen molar-refractivity contribution in [3.8, 4) is 0 Å². The van der Waals surface area contributed by atoms with E-state index in [2.05, 4.69) is 4.74 Å². The molecule has 0 saturated heterocycles. The number of halogens is 31. The molecule has 0 bridgehead atoms. The van der Waals surface area contributed by atoms with Crippen molar-refractivity contribution in [3.63, 3.8) is 0 Å². The molecule has 0 aliphatic rings. The molecule has 0 unspecified atom stereocenters. The Morgan fingerprint density at radius 3 is 0.889 bits per heavy atom. The minimum absolute atomic E-state index is 0.219. The van der Waals surface area contributed by atoms with E-state index in [-0.39, 0.29) is 6.92 Å². The van der Waals surface area contributed by atoms with E-state index in [9.17, 15) is 141 Å². The molecule has 0 amide bonds. The van der Waals surface area contributed by atoms with Crippen molar-refractivity contribution in [2.24, 2.45) is 0 Å². The predicted octanol–water partition coefficient (Wildman–Crippen LogP) is 11.3. The Morgan fingerprint density at radius 1 is 0.407 bits per heavy atom. The van der Waals surface area contributed by atoms with Crippen LogP contribution < -0.4 is 0 Å². The van der Waals surface area contributed by atoms with Gasteiger partial charge in [0.2, 0.25) is 0 Å². The summed E-state index contributed by atoms with van der Waals surface area (Å²) in [4.78, 5) is 11.0. The maximum absolute atomic E-state index is 13.9. The van der Waals surface area contributed by atoms with Gasteiger partial charge in [-0.05, 0) is 13.3 Å². The summed E-state index contributed by atoms with van der Waals surface area (Å²) in [6, 6.07) is 0. The fraction of sp³-hybridized carbons (Fsp3) is 0.857. The van der Waals surface area contributed by atoms with Crippen LogP contribution in [0, 0.1) is 0 Å². The average Bonchev–Trinajstić information content (AvgIpc) is 2.95. The monoisotopic (exact) mass is 882 g/mol. The number of esters is 1. The van der Waals surface area contributed by atoms with Crippen molar-refractivity contribution in [1.29, 1.82) is 0 Å². The Kier molecular flexibility index (Phi) is 12.9. The molecular formula is C21H9F31O2. The molecule has 0 aliphatic carbocycles. The van der Waals surface area contributed by atoms with Crippen molar-refractivity contribution < 1.29 is 146 Å². The smallest absolute Gasteiger partial charge is 0.438 e. The summed E-state index contributed by atoms with van der Waals surface area (Å²) in [7, 11) is 0. The molecule has 0 spiro atoms. The van der Waals surface area contributed by atoms with Crippen molar-refractivity contribution in [1.82, 2.24) is 0 Å². The maximum Gasteiger partial charge on any atom is 0.438 e. The van der Waals surface area contributed by atoms with Crippen LogP contribution in [0.15, 0.2) is 11.7 Å². The van der Waals surface area contributed by atoms with Crippen molar-refractivity contribution >= 4 is 5.97 Å². The Bertz CT molecular complexity index is 1380. The zero-order valence-corrected chi connectivity index (χ0v) is 24.2. The molecule has 0 radical (unpaired) electrons. The second-order valence-corrected chi connectivity index (χ2v) is 10.2. The van der Waals surface area contributed by atoms with E-state index < -0.39 is 120 Å². The third-order valence-corrected chi connectivity index (χ3v) is 6.68. The van der Waals surface area contributed by atoms with E-state index in [0.717, 1.165) is 0 Å². The highest BCUT2D eigenvalue weighted by Crippen LogP contribution is 2.69. The molecule has 0 aromatic heterocycles. The van der Waals surface area contributed by atoms with E-state index in [4.69, 9.17) is 0 Å². The third kappa shape index (κ3) is 6.69. The summed E-state index contributed by atoms with van der Waals surface area (Å²) in [5, 5.41) is 0. The first-order chi connectivity index (χ1) is 23.0. The Balaban J connectivity index is 7.26. The summed E-state index contributed by atoms with van der Waals surface area (Å²) in [5.74, 6) is -106. The lowest BCUT2D eigenvalue weighted by atomic mass is 9.81. The van der Waals surface area contributed by atoms with Gasteiger partial charge in [0.1, 0.15) is 0 Å². The van der Waals surface area contributed by atoms with Gasteiger partial charge in [-0.1, -0.05) is 0 Å². The highest BCUT2D eigenvalue weighted by atomic mass is 19.4. The Hall–Kier alpha value is -2.96. The Labute approximate surface area is 274 Å². The van der Waals surface area contributed by atoms with E-state index in [1.165, 1.54) is 0 Å². The van der Waals surface area contributed by atoms with E-state index in [1.54, 1.807) is 0 Å². The van der Waals surface area contributed by atoms with Crippen LogP contribution in [0.4, 0.5) is 136 Å². The number of alkyl halides is 29. The van der Waals surface area contributed by atoms with Crippen LogP contribution in [0.2, 0.25) is 0 Å². The van der Waals surface area contributed by atoms with Gasteiger partial charge in [-0.2, -0.15) is 132 Å². The molecule has 54 heavy (non-hydrogen) atoms. The molecule has 2 nitrogen and oxygen atoms in total. The number of carbonyl (C=O) groups is 1. The molecule has 0 aromatic carbocycles. The number of ether oxygens (including phenoxy) is 1. The number of carbonyl (C=O) groups excluding carboxylic acids is 1. The summed E-state index contributed by atoms with van der Waals surface area (Å²) < 4.78 is 421. The van der Waals surface area contributed by atoms with E-state index in [1.807, 2.05) is 0 Å². The number of rotatable bonds is 16. The molecule has 0 rings (SSSR count). The zero-order chi connectivity index (χ0) is 44.6. The van der Waals surface area contributed by atoms with Gasteiger partial charge in [-0.3, -0.25) is 0 Å². The second kappa shape index (κ2) is 13.6. The van der Waals surface area contributed by atoms with Gasteiger partial charge in [-0.15, -0.1) is 0 Å². The Morgan fingerprint density at radius 2 is 0.648 bits per heavy atom. The van der Waals surface area contributed by atoms with Gasteiger partial charge in [0.25, 0.3) is 6.08 Å². The lowest BCUT2D eigenvalue weighted by molar-refractivity contribution is -0.489. The summed E-state index contributed by atoms with van der Waals surface area (Å²) in [5.41, 5.74) is -11.0. The molecule has 0 N–H and O–H groups in total. The third-order valence-electron chi connectivity index (χ3n) is 6.68. The molecule has 0 saturated carbocycles. The average molecular weight is 882 g/mol. The molecule has 0 fully saturated rings. The van der Waals surface area contributed by atoms with Crippen LogP contribution in [0.3, 0.4) is 0 Å². The topological polar surface area (TPSA) is 26.3 Å². The second-order valence-electron chi connectivity index (χ2n) is 10.2. The van der Waals surface area contributed by atoms with Crippen molar-refractivity contribution in [3.05, 3.63) is 11.7 Å². The minimum atomic E-state index is -10.0. The first-order valence-electron chi connectivity index (χ1n) is 12.2. The largest absolute Gasteiger partial charge is 0.462 e. The van der Waals surface area contributed by atoms with E-state index in [0.29, 0.717) is 0 Å². The fourth-order valence-corrected chi connectivity index (χ4v) is 3.34. The van der Waals surface area contributed by atoms with E-state index >= 15 is 0 Å². The summed E-state index contributed by atoms with van der Waals surface area (Å²) in [6.07, 6.45) is -25.8.